The lowest BCUT2D eigenvalue weighted by molar-refractivity contribution is 0.600. The molecule has 0 aliphatic carbocycles. The SMILES string of the molecule is CCCCCC(Br)(Br)CCC. The number of rotatable bonds is 6. The number of hydrogen-bond donors (Lipinski definition) is 0. The molecule has 2 heteroatoms. The predicted octanol–water partition coefficient (Wildman–Crippen LogP) is 4.85. The summed E-state index contributed by atoms with van der Waals surface area (Å²) < 4.78 is 0.226. The molecule has 0 nitrogen and oxygen atoms in total. The first-order chi connectivity index (χ1) is 5.12. The van der Waals surface area contributed by atoms with Crippen LogP contribution in [0.3, 0.4) is 0 Å². The van der Waals surface area contributed by atoms with E-state index in [4.69, 9.17) is 0 Å². The lowest BCUT2D eigenvalue weighted by Gasteiger charge is -2.18. The molecule has 0 saturated heterocycles. The predicted molar refractivity (Wildman–Crippen MR) is 59.6 cm³/mol. The Balaban J connectivity index is 3.38. The van der Waals surface area contributed by atoms with Crippen molar-refractivity contribution in [1.29, 1.82) is 0 Å². The molecule has 0 aromatic rings. The van der Waals surface area contributed by atoms with E-state index in [1.807, 2.05) is 0 Å². The molecule has 11 heavy (non-hydrogen) atoms. The van der Waals surface area contributed by atoms with Crippen molar-refractivity contribution in [2.75, 3.05) is 0 Å². The highest BCUT2D eigenvalue weighted by Crippen LogP contribution is 2.36. The lowest BCUT2D eigenvalue weighted by atomic mass is 10.1. The van der Waals surface area contributed by atoms with Crippen LogP contribution in [0.4, 0.5) is 0 Å². The van der Waals surface area contributed by atoms with Crippen molar-refractivity contribution < 1.29 is 0 Å². The number of alkyl halides is 2. The van der Waals surface area contributed by atoms with Gasteiger partial charge < -0.3 is 0 Å². The van der Waals surface area contributed by atoms with Gasteiger partial charge in [-0.25, -0.2) is 0 Å². The van der Waals surface area contributed by atoms with E-state index in [0.717, 1.165) is 0 Å². The molecule has 0 saturated carbocycles. The van der Waals surface area contributed by atoms with Gasteiger partial charge in [-0.15, -0.1) is 0 Å². The minimum absolute atomic E-state index is 0.226. The van der Waals surface area contributed by atoms with Crippen molar-refractivity contribution in [3.05, 3.63) is 0 Å². The zero-order valence-corrected chi connectivity index (χ0v) is 10.7. The fourth-order valence-electron chi connectivity index (χ4n) is 1.12. The van der Waals surface area contributed by atoms with Gasteiger partial charge in [-0.1, -0.05) is 71.4 Å². The second kappa shape index (κ2) is 6.47. The minimum Gasteiger partial charge on any atom is -0.0727 e. The summed E-state index contributed by atoms with van der Waals surface area (Å²) in [5.41, 5.74) is 0. The molecular formula is C9H18Br2. The van der Waals surface area contributed by atoms with Crippen molar-refractivity contribution in [3.63, 3.8) is 0 Å². The molecule has 0 N–H and O–H groups in total. The molecule has 0 radical (unpaired) electrons. The Hall–Kier alpha value is 0.960. The average Bonchev–Trinajstić information content (AvgIpc) is 1.87. The highest BCUT2D eigenvalue weighted by molar-refractivity contribution is 9.25. The Morgan fingerprint density at radius 2 is 1.55 bits per heavy atom. The van der Waals surface area contributed by atoms with Gasteiger partial charge in [-0.05, 0) is 12.8 Å². The molecule has 0 aromatic heterocycles. The van der Waals surface area contributed by atoms with E-state index in [-0.39, 0.29) is 3.23 Å². The summed E-state index contributed by atoms with van der Waals surface area (Å²) in [5.74, 6) is 0. The van der Waals surface area contributed by atoms with E-state index in [9.17, 15) is 0 Å². The van der Waals surface area contributed by atoms with Crippen LogP contribution in [0.1, 0.15) is 52.4 Å². The minimum atomic E-state index is 0.226. The van der Waals surface area contributed by atoms with Gasteiger partial charge in [0.25, 0.3) is 0 Å². The van der Waals surface area contributed by atoms with E-state index < -0.39 is 0 Å². The molecule has 0 heterocycles. The summed E-state index contributed by atoms with van der Waals surface area (Å²) in [5, 5.41) is 0. The van der Waals surface area contributed by atoms with Crippen LogP contribution in [0.2, 0.25) is 0 Å². The summed E-state index contributed by atoms with van der Waals surface area (Å²) in [6.07, 6.45) is 7.69. The van der Waals surface area contributed by atoms with Crippen LogP contribution in [-0.4, -0.2) is 3.23 Å². The molecule has 0 rings (SSSR count). The maximum Gasteiger partial charge on any atom is 0.0805 e. The Labute approximate surface area is 87.4 Å². The molecule has 0 fully saturated rings. The lowest BCUT2D eigenvalue weighted by Crippen LogP contribution is -2.09. The van der Waals surface area contributed by atoms with Gasteiger partial charge >= 0.3 is 0 Å². The molecule has 0 bridgehead atoms. The highest BCUT2D eigenvalue weighted by atomic mass is 79.9. The zero-order chi connectivity index (χ0) is 8.74. The van der Waals surface area contributed by atoms with Gasteiger partial charge in [-0.3, -0.25) is 0 Å². The third-order valence-electron chi connectivity index (χ3n) is 1.76. The van der Waals surface area contributed by atoms with E-state index >= 15 is 0 Å². The topological polar surface area (TPSA) is 0 Å². The van der Waals surface area contributed by atoms with Crippen molar-refractivity contribution in [2.24, 2.45) is 0 Å². The van der Waals surface area contributed by atoms with Crippen LogP contribution in [0.25, 0.3) is 0 Å². The van der Waals surface area contributed by atoms with E-state index in [2.05, 4.69) is 45.7 Å². The normalized spacial score (nSPS) is 12.0. The Morgan fingerprint density at radius 1 is 0.909 bits per heavy atom. The monoisotopic (exact) mass is 284 g/mol. The first-order valence-corrected chi connectivity index (χ1v) is 6.09. The van der Waals surface area contributed by atoms with Crippen molar-refractivity contribution in [1.82, 2.24) is 0 Å². The summed E-state index contributed by atoms with van der Waals surface area (Å²) in [6.45, 7) is 4.46. The largest absolute Gasteiger partial charge is 0.0805 e. The van der Waals surface area contributed by atoms with Gasteiger partial charge in [0.2, 0.25) is 0 Å². The van der Waals surface area contributed by atoms with Crippen LogP contribution in [-0.2, 0) is 0 Å². The molecule has 68 valence electrons. The summed E-state index contributed by atoms with van der Waals surface area (Å²) in [6, 6.07) is 0. The van der Waals surface area contributed by atoms with E-state index in [0.29, 0.717) is 0 Å². The van der Waals surface area contributed by atoms with Crippen molar-refractivity contribution >= 4 is 31.9 Å². The van der Waals surface area contributed by atoms with Gasteiger partial charge in [-0.2, -0.15) is 0 Å². The second-order valence-corrected chi connectivity index (χ2v) is 7.16. The molecule has 0 spiro atoms. The molecule has 0 unspecified atom stereocenters. The molecule has 0 amide bonds. The van der Waals surface area contributed by atoms with Crippen LogP contribution in [0.15, 0.2) is 0 Å². The number of halogens is 2. The maximum atomic E-state index is 3.69. The first kappa shape index (κ1) is 12.0. The molecule has 0 aromatic carbocycles. The number of unbranched alkanes of at least 4 members (excludes halogenated alkanes) is 2. The van der Waals surface area contributed by atoms with Gasteiger partial charge in [0.15, 0.2) is 0 Å². The van der Waals surface area contributed by atoms with Gasteiger partial charge in [0, 0.05) is 0 Å². The Morgan fingerprint density at radius 3 is 2.00 bits per heavy atom. The molecule has 0 aliphatic heterocycles. The van der Waals surface area contributed by atoms with Crippen LogP contribution < -0.4 is 0 Å². The van der Waals surface area contributed by atoms with Crippen molar-refractivity contribution in [2.45, 2.75) is 55.6 Å². The second-order valence-electron chi connectivity index (χ2n) is 3.06. The van der Waals surface area contributed by atoms with Crippen LogP contribution >= 0.6 is 31.9 Å². The van der Waals surface area contributed by atoms with Crippen LogP contribution in [0.5, 0.6) is 0 Å². The van der Waals surface area contributed by atoms with Crippen LogP contribution in [0, 0.1) is 0 Å². The standard InChI is InChI=1S/C9H18Br2/c1-3-5-6-8-9(10,11)7-4-2/h3-8H2,1-2H3. The summed E-state index contributed by atoms with van der Waals surface area (Å²) in [7, 11) is 0. The zero-order valence-electron chi connectivity index (χ0n) is 7.50. The quantitative estimate of drug-likeness (QED) is 0.483. The first-order valence-electron chi connectivity index (χ1n) is 4.50. The average molecular weight is 286 g/mol. The Kier molecular flexibility index (Phi) is 7.04. The third-order valence-corrected chi connectivity index (χ3v) is 3.35. The molecular weight excluding hydrogens is 268 g/mol. The van der Waals surface area contributed by atoms with Gasteiger partial charge in [0.1, 0.15) is 0 Å². The highest BCUT2D eigenvalue weighted by Gasteiger charge is 2.19. The number of hydrogen-bond acceptors (Lipinski definition) is 0. The Bertz CT molecular complexity index is 89.6. The molecule has 0 atom stereocenters. The third kappa shape index (κ3) is 7.32. The van der Waals surface area contributed by atoms with E-state index in [1.165, 1.54) is 38.5 Å². The fraction of sp³-hybridized carbons (Fsp3) is 1.00. The smallest absolute Gasteiger partial charge is 0.0727 e. The van der Waals surface area contributed by atoms with Gasteiger partial charge in [0.05, 0.1) is 3.23 Å². The summed E-state index contributed by atoms with van der Waals surface area (Å²) >= 11 is 7.38. The van der Waals surface area contributed by atoms with E-state index in [1.54, 1.807) is 0 Å². The van der Waals surface area contributed by atoms with Crippen molar-refractivity contribution in [3.8, 4) is 0 Å². The maximum absolute atomic E-state index is 3.69. The fourth-order valence-corrected chi connectivity index (χ4v) is 2.48. The summed E-state index contributed by atoms with van der Waals surface area (Å²) in [4.78, 5) is 0. The molecule has 0 aliphatic rings.